The zero-order valence-corrected chi connectivity index (χ0v) is 9.61. The molecule has 80 valence electrons. The molecule has 1 aliphatic rings. The van der Waals surface area contributed by atoms with Crippen molar-refractivity contribution in [1.29, 1.82) is 0 Å². The highest BCUT2D eigenvalue weighted by Gasteiger charge is 2.29. The highest BCUT2D eigenvalue weighted by molar-refractivity contribution is 5.36. The van der Waals surface area contributed by atoms with E-state index in [1.165, 1.54) is 17.5 Å². The Kier molecular flexibility index (Phi) is 2.92. The zero-order valence-electron chi connectivity index (χ0n) is 9.61. The number of fused-ring (bicyclic) bond motifs is 1. The van der Waals surface area contributed by atoms with Gasteiger partial charge in [-0.3, -0.25) is 4.90 Å². The molecule has 1 heterocycles. The summed E-state index contributed by atoms with van der Waals surface area (Å²) in [5, 5.41) is 0. The topological polar surface area (TPSA) is 3.24 Å². The van der Waals surface area contributed by atoms with E-state index in [1.54, 1.807) is 0 Å². The summed E-state index contributed by atoms with van der Waals surface area (Å²) in [5.41, 5.74) is 2.90. The molecule has 0 N–H and O–H groups in total. The van der Waals surface area contributed by atoms with E-state index in [-0.39, 0.29) is 0 Å². The lowest BCUT2D eigenvalue weighted by Gasteiger charge is -2.28. The lowest BCUT2D eigenvalue weighted by molar-refractivity contribution is 0.180. The van der Waals surface area contributed by atoms with E-state index in [2.05, 4.69) is 55.7 Å². The summed E-state index contributed by atoms with van der Waals surface area (Å²) in [6, 6.07) is 9.74. The monoisotopic (exact) mass is 201 g/mol. The summed E-state index contributed by atoms with van der Waals surface area (Å²) in [6.45, 7) is 9.58. The highest BCUT2D eigenvalue weighted by Crippen LogP contribution is 2.36. The van der Waals surface area contributed by atoms with Crippen molar-refractivity contribution >= 4 is 0 Å². The lowest BCUT2D eigenvalue weighted by Crippen LogP contribution is -2.30. The van der Waals surface area contributed by atoms with E-state index >= 15 is 0 Å². The Bertz CT molecular complexity index is 356. The van der Waals surface area contributed by atoms with Crippen LogP contribution in [0.25, 0.3) is 0 Å². The molecule has 0 spiro atoms. The number of nitrogens with zero attached hydrogens (tertiary/aromatic N) is 1. The third kappa shape index (κ3) is 1.72. The van der Waals surface area contributed by atoms with Gasteiger partial charge in [0.05, 0.1) is 6.04 Å². The molecule has 0 saturated carbocycles. The van der Waals surface area contributed by atoms with Crippen LogP contribution >= 0.6 is 0 Å². The first-order chi connectivity index (χ1) is 7.27. The Morgan fingerprint density at radius 1 is 1.53 bits per heavy atom. The molecule has 15 heavy (non-hydrogen) atoms. The highest BCUT2D eigenvalue weighted by atomic mass is 15.2. The number of rotatable bonds is 3. The van der Waals surface area contributed by atoms with Crippen LogP contribution in [0.15, 0.2) is 36.9 Å². The molecule has 0 aromatic heterocycles. The fraction of sp³-hybridized carbons (Fsp3) is 0.429. The third-order valence-electron chi connectivity index (χ3n) is 3.46. The summed E-state index contributed by atoms with van der Waals surface area (Å²) in [6.07, 6.45) is 3.26. The van der Waals surface area contributed by atoms with Crippen LogP contribution in [0.2, 0.25) is 0 Å². The van der Waals surface area contributed by atoms with Crippen molar-refractivity contribution in [2.75, 3.05) is 0 Å². The quantitative estimate of drug-likeness (QED) is 0.676. The first kappa shape index (κ1) is 10.4. The normalized spacial score (nSPS) is 22.4. The van der Waals surface area contributed by atoms with Gasteiger partial charge in [-0.15, -0.1) is 6.58 Å². The van der Waals surface area contributed by atoms with Crippen molar-refractivity contribution < 1.29 is 0 Å². The largest absolute Gasteiger partial charge is 0.286 e. The van der Waals surface area contributed by atoms with E-state index in [0.717, 1.165) is 6.54 Å². The molecule has 2 unspecified atom stereocenters. The van der Waals surface area contributed by atoms with Gasteiger partial charge in [-0.05, 0) is 24.5 Å². The van der Waals surface area contributed by atoms with Gasteiger partial charge in [0.15, 0.2) is 0 Å². The van der Waals surface area contributed by atoms with Crippen molar-refractivity contribution in [3.63, 3.8) is 0 Å². The summed E-state index contributed by atoms with van der Waals surface area (Å²) >= 11 is 0. The molecule has 0 amide bonds. The smallest absolute Gasteiger partial charge is 0.0538 e. The van der Waals surface area contributed by atoms with Gasteiger partial charge < -0.3 is 0 Å². The van der Waals surface area contributed by atoms with Gasteiger partial charge in [-0.1, -0.05) is 37.3 Å². The van der Waals surface area contributed by atoms with Crippen molar-refractivity contribution in [1.82, 2.24) is 4.90 Å². The summed E-state index contributed by atoms with van der Waals surface area (Å²) in [4.78, 5) is 2.53. The first-order valence-corrected chi connectivity index (χ1v) is 5.74. The van der Waals surface area contributed by atoms with Gasteiger partial charge in [0, 0.05) is 12.6 Å². The summed E-state index contributed by atoms with van der Waals surface area (Å²) < 4.78 is 0. The van der Waals surface area contributed by atoms with Gasteiger partial charge in [-0.2, -0.15) is 0 Å². The Labute approximate surface area is 92.4 Å². The van der Waals surface area contributed by atoms with E-state index in [0.29, 0.717) is 12.1 Å². The van der Waals surface area contributed by atoms with Crippen molar-refractivity contribution in [3.05, 3.63) is 48.0 Å². The first-order valence-electron chi connectivity index (χ1n) is 5.74. The number of benzene rings is 1. The molecule has 1 aromatic rings. The SMILES string of the molecule is C=CC1c2ccccc2CN1C(C)CC. The van der Waals surface area contributed by atoms with Crippen molar-refractivity contribution in [2.45, 2.75) is 38.9 Å². The average Bonchev–Trinajstić information content (AvgIpc) is 2.66. The fourth-order valence-corrected chi connectivity index (χ4v) is 2.37. The van der Waals surface area contributed by atoms with Crippen LogP contribution < -0.4 is 0 Å². The van der Waals surface area contributed by atoms with Crippen molar-refractivity contribution in [3.8, 4) is 0 Å². The standard InChI is InChI=1S/C14H19N/c1-4-11(3)15-10-12-8-6-7-9-13(12)14(15)5-2/h5-9,11,14H,2,4,10H2,1,3H3. The second-order valence-electron chi connectivity index (χ2n) is 4.31. The number of hydrogen-bond acceptors (Lipinski definition) is 1. The molecule has 2 atom stereocenters. The van der Waals surface area contributed by atoms with Gasteiger partial charge in [0.2, 0.25) is 0 Å². The van der Waals surface area contributed by atoms with Gasteiger partial charge in [-0.25, -0.2) is 0 Å². The Balaban J connectivity index is 2.32. The molecule has 1 aromatic carbocycles. The maximum Gasteiger partial charge on any atom is 0.0538 e. The van der Waals surface area contributed by atoms with Gasteiger partial charge >= 0.3 is 0 Å². The molecule has 1 nitrogen and oxygen atoms in total. The van der Waals surface area contributed by atoms with Crippen LogP contribution in [0.1, 0.15) is 37.4 Å². The predicted octanol–water partition coefficient (Wildman–Crippen LogP) is 3.53. The van der Waals surface area contributed by atoms with Crippen LogP contribution in [0.5, 0.6) is 0 Å². The second-order valence-corrected chi connectivity index (χ2v) is 4.31. The predicted molar refractivity (Wildman–Crippen MR) is 64.7 cm³/mol. The molecule has 0 aliphatic carbocycles. The van der Waals surface area contributed by atoms with Crippen LogP contribution in [0, 0.1) is 0 Å². The van der Waals surface area contributed by atoms with Crippen molar-refractivity contribution in [2.24, 2.45) is 0 Å². The lowest BCUT2D eigenvalue weighted by atomic mass is 10.0. The average molecular weight is 201 g/mol. The molecule has 0 fully saturated rings. The second kappa shape index (κ2) is 4.19. The van der Waals surface area contributed by atoms with Gasteiger partial charge in [0.25, 0.3) is 0 Å². The van der Waals surface area contributed by atoms with E-state index in [1.807, 2.05) is 0 Å². The minimum absolute atomic E-state index is 0.413. The minimum atomic E-state index is 0.413. The van der Waals surface area contributed by atoms with E-state index in [9.17, 15) is 0 Å². The zero-order chi connectivity index (χ0) is 10.8. The molecular formula is C14H19N. The number of hydrogen-bond donors (Lipinski definition) is 0. The van der Waals surface area contributed by atoms with Gasteiger partial charge in [0.1, 0.15) is 0 Å². The molecule has 0 radical (unpaired) electrons. The minimum Gasteiger partial charge on any atom is -0.286 e. The van der Waals surface area contributed by atoms with Crippen LogP contribution in [-0.4, -0.2) is 10.9 Å². The Hall–Kier alpha value is -1.08. The van der Waals surface area contributed by atoms with Crippen LogP contribution in [-0.2, 0) is 6.54 Å². The summed E-state index contributed by atoms with van der Waals surface area (Å²) in [7, 11) is 0. The molecule has 0 bridgehead atoms. The maximum absolute atomic E-state index is 3.97. The molecule has 0 saturated heterocycles. The fourth-order valence-electron chi connectivity index (χ4n) is 2.37. The Morgan fingerprint density at radius 3 is 2.93 bits per heavy atom. The third-order valence-corrected chi connectivity index (χ3v) is 3.46. The van der Waals surface area contributed by atoms with E-state index in [4.69, 9.17) is 0 Å². The summed E-state index contributed by atoms with van der Waals surface area (Å²) in [5.74, 6) is 0. The molecule has 1 aliphatic heterocycles. The maximum atomic E-state index is 3.97. The molecule has 1 heteroatoms. The molecule has 2 rings (SSSR count). The van der Waals surface area contributed by atoms with Crippen LogP contribution in [0.3, 0.4) is 0 Å². The molecular weight excluding hydrogens is 182 g/mol. The van der Waals surface area contributed by atoms with E-state index < -0.39 is 0 Å². The Morgan fingerprint density at radius 2 is 2.27 bits per heavy atom. The van der Waals surface area contributed by atoms with Crippen LogP contribution in [0.4, 0.5) is 0 Å².